The van der Waals surface area contributed by atoms with Crippen LogP contribution in [0.4, 0.5) is 5.69 Å². The van der Waals surface area contributed by atoms with Gasteiger partial charge in [-0.1, -0.05) is 40.2 Å². The second-order valence-electron chi connectivity index (χ2n) is 5.14. The van der Waals surface area contributed by atoms with Crippen LogP contribution < -0.4 is 10.0 Å². The van der Waals surface area contributed by atoms with E-state index < -0.39 is 11.2 Å². The number of hydrogen-bond acceptors (Lipinski definition) is 5. The van der Waals surface area contributed by atoms with E-state index in [-0.39, 0.29) is 23.8 Å². The van der Waals surface area contributed by atoms with Crippen LogP contribution >= 0.6 is 27.7 Å². The van der Waals surface area contributed by atoms with Crippen LogP contribution in [0.25, 0.3) is 0 Å². The Balaban J connectivity index is 1.86. The van der Waals surface area contributed by atoms with Gasteiger partial charge in [-0.2, -0.15) is 0 Å². The van der Waals surface area contributed by atoms with Crippen LogP contribution in [0.1, 0.15) is 16.8 Å². The molecule has 1 aliphatic heterocycles. The van der Waals surface area contributed by atoms with Crippen LogP contribution in [0, 0.1) is 0 Å². The minimum absolute atomic E-state index is 0.0173. The van der Waals surface area contributed by atoms with Gasteiger partial charge in [0.15, 0.2) is 0 Å². The van der Waals surface area contributed by atoms with E-state index in [1.54, 1.807) is 42.5 Å². The van der Waals surface area contributed by atoms with Crippen molar-refractivity contribution in [2.75, 3.05) is 4.90 Å². The third-order valence-corrected chi connectivity index (χ3v) is 5.30. The van der Waals surface area contributed by atoms with Gasteiger partial charge in [0.1, 0.15) is 0 Å². The molecule has 1 heterocycles. The maximum absolute atomic E-state index is 12.6. The minimum Gasteiger partial charge on any atom is -0.545 e. The van der Waals surface area contributed by atoms with Crippen molar-refractivity contribution < 1.29 is 19.5 Å². The normalized spacial score (nSPS) is 17.4. The highest BCUT2D eigenvalue weighted by Gasteiger charge is 2.40. The standard InChI is InChI=1S/C17H12BrNO4S/c18-10-4-3-5-11(8-10)19-15(20)9-14(16(19)21)24-13-7-2-1-6-12(13)17(22)23/h1-8,14H,9H2,(H,22,23)/p-1/t14-/m0/s1. The number of amides is 2. The van der Waals surface area contributed by atoms with Crippen LogP contribution in [0.15, 0.2) is 57.9 Å². The molecule has 1 saturated heterocycles. The molecule has 2 aromatic rings. The van der Waals surface area contributed by atoms with Gasteiger partial charge in [-0.25, -0.2) is 4.90 Å². The smallest absolute Gasteiger partial charge is 0.247 e. The van der Waals surface area contributed by atoms with Crippen LogP contribution in [0.5, 0.6) is 0 Å². The number of carbonyl (C=O) groups excluding carboxylic acids is 3. The summed E-state index contributed by atoms with van der Waals surface area (Å²) < 4.78 is 0.763. The predicted octanol–water partition coefficient (Wildman–Crippen LogP) is 2.24. The summed E-state index contributed by atoms with van der Waals surface area (Å²) in [5.74, 6) is -1.96. The van der Waals surface area contributed by atoms with Gasteiger partial charge in [-0.15, -0.1) is 11.8 Å². The molecule has 1 atom stereocenters. The first kappa shape index (κ1) is 16.7. The molecular weight excluding hydrogens is 394 g/mol. The lowest BCUT2D eigenvalue weighted by Gasteiger charge is -2.16. The number of carboxylic acid groups (broad SMARTS) is 1. The van der Waals surface area contributed by atoms with E-state index in [9.17, 15) is 19.5 Å². The Morgan fingerprint density at radius 1 is 1.17 bits per heavy atom. The maximum atomic E-state index is 12.6. The van der Waals surface area contributed by atoms with Crippen LogP contribution in [-0.4, -0.2) is 23.0 Å². The summed E-state index contributed by atoms with van der Waals surface area (Å²) in [6.45, 7) is 0. The monoisotopic (exact) mass is 404 g/mol. The van der Waals surface area contributed by atoms with Crippen molar-refractivity contribution in [3.8, 4) is 0 Å². The fourth-order valence-electron chi connectivity index (χ4n) is 2.47. The SMILES string of the molecule is O=C([O-])c1ccccc1S[C@H]1CC(=O)N(c2cccc(Br)c2)C1=O. The van der Waals surface area contributed by atoms with Gasteiger partial charge in [0, 0.05) is 21.4 Å². The summed E-state index contributed by atoms with van der Waals surface area (Å²) in [5.41, 5.74) is 0.513. The third kappa shape index (κ3) is 3.22. The molecule has 0 radical (unpaired) electrons. The Morgan fingerprint density at radius 3 is 2.62 bits per heavy atom. The zero-order chi connectivity index (χ0) is 17.3. The Labute approximate surface area is 150 Å². The number of benzene rings is 2. The third-order valence-electron chi connectivity index (χ3n) is 3.55. The number of carboxylic acids is 1. The molecule has 0 saturated carbocycles. The molecule has 5 nitrogen and oxygen atoms in total. The van der Waals surface area contributed by atoms with Crippen molar-refractivity contribution in [1.29, 1.82) is 0 Å². The number of imide groups is 1. The van der Waals surface area contributed by atoms with E-state index in [0.717, 1.165) is 21.1 Å². The Bertz CT molecular complexity index is 839. The molecule has 122 valence electrons. The van der Waals surface area contributed by atoms with Crippen LogP contribution in [-0.2, 0) is 9.59 Å². The topological polar surface area (TPSA) is 77.5 Å². The number of carbonyl (C=O) groups is 3. The number of halogens is 1. The quantitative estimate of drug-likeness (QED) is 0.730. The first-order chi connectivity index (χ1) is 11.5. The molecule has 0 N–H and O–H groups in total. The molecule has 0 aliphatic carbocycles. The van der Waals surface area contributed by atoms with Crippen molar-refractivity contribution in [1.82, 2.24) is 0 Å². The van der Waals surface area contributed by atoms with E-state index in [1.165, 1.54) is 6.07 Å². The second-order valence-corrected chi connectivity index (χ2v) is 7.30. The van der Waals surface area contributed by atoms with Crippen molar-refractivity contribution in [2.24, 2.45) is 0 Å². The van der Waals surface area contributed by atoms with Gasteiger partial charge in [-0.3, -0.25) is 9.59 Å². The van der Waals surface area contributed by atoms with Gasteiger partial charge in [0.25, 0.3) is 0 Å². The number of hydrogen-bond donors (Lipinski definition) is 0. The number of anilines is 1. The molecular formula is C17H11BrNO4S-. The van der Waals surface area contributed by atoms with Crippen molar-refractivity contribution in [3.63, 3.8) is 0 Å². The molecule has 0 unspecified atom stereocenters. The molecule has 0 spiro atoms. The highest BCUT2D eigenvalue weighted by Crippen LogP contribution is 2.35. The summed E-state index contributed by atoms with van der Waals surface area (Å²) in [5, 5.41) is 10.5. The minimum atomic E-state index is -1.31. The number of nitrogens with zero attached hydrogens (tertiary/aromatic N) is 1. The number of aromatic carboxylic acids is 1. The van der Waals surface area contributed by atoms with Gasteiger partial charge in [0.2, 0.25) is 11.8 Å². The molecule has 7 heteroatoms. The zero-order valence-corrected chi connectivity index (χ0v) is 14.7. The van der Waals surface area contributed by atoms with Gasteiger partial charge in [-0.05, 0) is 24.3 Å². The first-order valence-corrected chi connectivity index (χ1v) is 8.74. The summed E-state index contributed by atoms with van der Waals surface area (Å²) in [6.07, 6.45) is 0.0252. The molecule has 0 bridgehead atoms. The summed E-state index contributed by atoms with van der Waals surface area (Å²) >= 11 is 4.39. The first-order valence-electron chi connectivity index (χ1n) is 7.07. The van der Waals surface area contributed by atoms with E-state index in [4.69, 9.17) is 0 Å². The Morgan fingerprint density at radius 2 is 1.92 bits per heavy atom. The molecule has 2 aromatic carbocycles. The average Bonchev–Trinajstić information content (AvgIpc) is 2.81. The van der Waals surface area contributed by atoms with E-state index in [0.29, 0.717) is 10.6 Å². The van der Waals surface area contributed by atoms with Crippen molar-refractivity contribution in [2.45, 2.75) is 16.6 Å². The Kier molecular flexibility index (Phi) is 4.73. The van der Waals surface area contributed by atoms with Gasteiger partial charge >= 0.3 is 0 Å². The zero-order valence-electron chi connectivity index (χ0n) is 12.3. The van der Waals surface area contributed by atoms with Gasteiger partial charge < -0.3 is 9.90 Å². The summed E-state index contributed by atoms with van der Waals surface area (Å²) in [7, 11) is 0. The Hall–Kier alpha value is -2.12. The largest absolute Gasteiger partial charge is 0.545 e. The number of rotatable bonds is 4. The van der Waals surface area contributed by atoms with E-state index in [2.05, 4.69) is 15.9 Å². The van der Waals surface area contributed by atoms with Crippen LogP contribution in [0.3, 0.4) is 0 Å². The maximum Gasteiger partial charge on any atom is 0.247 e. The lowest BCUT2D eigenvalue weighted by atomic mass is 10.2. The molecule has 0 aromatic heterocycles. The van der Waals surface area contributed by atoms with E-state index >= 15 is 0 Å². The molecule has 3 rings (SSSR count). The molecule has 1 aliphatic rings. The summed E-state index contributed by atoms with van der Waals surface area (Å²) in [6, 6.07) is 13.2. The number of thioether (sulfide) groups is 1. The molecule has 2 amide bonds. The lowest BCUT2D eigenvalue weighted by molar-refractivity contribution is -0.255. The molecule has 1 fully saturated rings. The lowest BCUT2D eigenvalue weighted by Crippen LogP contribution is -2.31. The fourth-order valence-corrected chi connectivity index (χ4v) is 4.04. The van der Waals surface area contributed by atoms with Crippen molar-refractivity contribution >= 4 is 51.2 Å². The highest BCUT2D eigenvalue weighted by atomic mass is 79.9. The second kappa shape index (κ2) is 6.78. The fraction of sp³-hybridized carbons (Fsp3) is 0.118. The summed E-state index contributed by atoms with van der Waals surface area (Å²) in [4.78, 5) is 37.6. The van der Waals surface area contributed by atoms with E-state index in [1.807, 2.05) is 0 Å². The van der Waals surface area contributed by atoms with Crippen LogP contribution in [0.2, 0.25) is 0 Å². The predicted molar refractivity (Wildman–Crippen MR) is 91.7 cm³/mol. The molecule has 24 heavy (non-hydrogen) atoms. The average molecular weight is 405 g/mol. The van der Waals surface area contributed by atoms with Gasteiger partial charge in [0.05, 0.1) is 16.9 Å². The highest BCUT2D eigenvalue weighted by molar-refractivity contribution is 9.10. The van der Waals surface area contributed by atoms with Crippen molar-refractivity contribution in [3.05, 3.63) is 58.6 Å².